The number of para-hydroxylation sites is 1. The van der Waals surface area contributed by atoms with Gasteiger partial charge in [-0.3, -0.25) is 4.68 Å². The second-order valence-electron chi connectivity index (χ2n) is 6.61. The number of nitrogens with one attached hydrogen (secondary N) is 1. The minimum absolute atomic E-state index is 0. The summed E-state index contributed by atoms with van der Waals surface area (Å²) >= 11 is 0. The Kier molecular flexibility index (Phi) is 5.31. The molecule has 2 N–H and O–H groups in total. The third kappa shape index (κ3) is 3.24. The monoisotopic (exact) mass is 322 g/mol. The minimum atomic E-state index is -0.900. The number of carboxylic acids is 1. The van der Waals surface area contributed by atoms with Gasteiger partial charge in [0, 0.05) is 24.5 Å². The molecular weight excluding hydrogens is 299 g/mol. The Morgan fingerprint density at radius 2 is 2.12 bits per heavy atom. The van der Waals surface area contributed by atoms with Crippen molar-refractivity contribution in [2.45, 2.75) is 25.4 Å². The van der Waals surface area contributed by atoms with Crippen molar-refractivity contribution in [1.29, 1.82) is 0 Å². The van der Waals surface area contributed by atoms with Gasteiger partial charge in [-0.15, -0.1) is 0 Å². The van der Waals surface area contributed by atoms with Crippen LogP contribution in [0.1, 0.15) is 23.2 Å². The summed E-state index contributed by atoms with van der Waals surface area (Å²) < 4.78 is 1.81. The Labute approximate surface area is 153 Å². The Morgan fingerprint density at radius 3 is 2.79 bits per heavy atom. The average molecular weight is 322 g/mol. The summed E-state index contributed by atoms with van der Waals surface area (Å²) in [5.41, 5.74) is 1.04. The molecule has 7 heteroatoms. The van der Waals surface area contributed by atoms with Crippen molar-refractivity contribution >= 4 is 35.7 Å². The van der Waals surface area contributed by atoms with E-state index in [1.807, 2.05) is 10.7 Å². The molecule has 5 rings (SSSR count). The van der Waals surface area contributed by atoms with Crippen molar-refractivity contribution in [3.05, 3.63) is 30.0 Å². The first-order valence-corrected chi connectivity index (χ1v) is 8.36. The molecule has 1 aromatic carbocycles. The van der Waals surface area contributed by atoms with E-state index >= 15 is 0 Å². The van der Waals surface area contributed by atoms with Gasteiger partial charge in [-0.25, -0.2) is 4.79 Å². The third-order valence-corrected chi connectivity index (χ3v) is 5.28. The van der Waals surface area contributed by atoms with Crippen LogP contribution in [0, 0.1) is 5.92 Å². The van der Waals surface area contributed by atoms with Gasteiger partial charge < -0.3 is 15.3 Å². The molecule has 6 nitrogen and oxygen atoms in total. The maximum absolute atomic E-state index is 11.4. The molecule has 2 bridgehead atoms. The summed E-state index contributed by atoms with van der Waals surface area (Å²) in [5.74, 6) is -0.105. The fourth-order valence-electron chi connectivity index (χ4n) is 4.04. The van der Waals surface area contributed by atoms with Gasteiger partial charge in [0.25, 0.3) is 0 Å². The van der Waals surface area contributed by atoms with Crippen LogP contribution in [0.15, 0.2) is 24.4 Å². The fraction of sp³-hybridized carbons (Fsp3) is 0.529. The zero-order chi connectivity index (χ0) is 15.8. The molecule has 0 saturated carbocycles. The number of rotatable bonds is 5. The van der Waals surface area contributed by atoms with Crippen LogP contribution in [0.5, 0.6) is 0 Å². The Bertz CT molecular complexity index is 724. The third-order valence-electron chi connectivity index (χ3n) is 5.28. The van der Waals surface area contributed by atoms with Gasteiger partial charge in [-0.1, -0.05) is 12.1 Å². The first-order chi connectivity index (χ1) is 11.2. The van der Waals surface area contributed by atoms with E-state index in [1.165, 1.54) is 25.9 Å². The zero-order valence-corrected chi connectivity index (χ0v) is 13.1. The molecule has 1 unspecified atom stereocenters. The van der Waals surface area contributed by atoms with E-state index in [-0.39, 0.29) is 18.9 Å². The normalized spacial score (nSPS) is 25.6. The summed E-state index contributed by atoms with van der Waals surface area (Å²) in [5, 5.41) is 18.3. The van der Waals surface area contributed by atoms with Crippen molar-refractivity contribution in [3.63, 3.8) is 0 Å². The average Bonchev–Trinajstić information content (AvgIpc) is 2.99. The first kappa shape index (κ1) is 17.5. The van der Waals surface area contributed by atoms with Crippen LogP contribution in [0.25, 0.3) is 10.9 Å². The molecule has 2 aromatic rings. The second-order valence-corrected chi connectivity index (χ2v) is 6.61. The van der Waals surface area contributed by atoms with Gasteiger partial charge in [-0.05, 0) is 37.9 Å². The molecule has 3 fully saturated rings. The number of aromatic carboxylic acids is 1. The zero-order valence-electron chi connectivity index (χ0n) is 13.1. The van der Waals surface area contributed by atoms with Gasteiger partial charge in [0.1, 0.15) is 0 Å². The molecular formula is C17H23LiN4O2. The van der Waals surface area contributed by atoms with Crippen molar-refractivity contribution in [2.75, 3.05) is 26.2 Å². The van der Waals surface area contributed by atoms with Gasteiger partial charge in [0.05, 0.1) is 23.8 Å². The number of hydrogen-bond acceptors (Lipinski definition) is 4. The van der Waals surface area contributed by atoms with Gasteiger partial charge >= 0.3 is 24.8 Å². The molecule has 0 radical (unpaired) electrons. The summed E-state index contributed by atoms with van der Waals surface area (Å²) in [4.78, 5) is 13.9. The van der Waals surface area contributed by atoms with E-state index in [1.54, 1.807) is 18.3 Å². The Morgan fingerprint density at radius 1 is 1.33 bits per heavy atom. The summed E-state index contributed by atoms with van der Waals surface area (Å²) in [6.45, 7) is 5.14. The summed E-state index contributed by atoms with van der Waals surface area (Å²) in [7, 11) is 0. The Balaban J connectivity index is 0.00000169. The first-order valence-electron chi connectivity index (χ1n) is 8.36. The van der Waals surface area contributed by atoms with Crippen LogP contribution in [0.4, 0.5) is 0 Å². The SMILES string of the molecule is O=C(O)c1cccc2cnn(CCNC3CN4CCC3CC4)c12.[LiH]. The molecule has 1 aromatic heterocycles. The number of nitrogens with zero attached hydrogens (tertiary/aromatic N) is 3. The van der Waals surface area contributed by atoms with Crippen molar-refractivity contribution < 1.29 is 9.90 Å². The fourth-order valence-corrected chi connectivity index (χ4v) is 4.04. The topological polar surface area (TPSA) is 70.4 Å². The molecule has 124 valence electrons. The molecule has 1 atom stereocenters. The van der Waals surface area contributed by atoms with E-state index in [0.29, 0.717) is 18.2 Å². The molecule has 0 spiro atoms. The number of hydrogen-bond donors (Lipinski definition) is 2. The number of piperidine rings is 3. The molecule has 0 amide bonds. The van der Waals surface area contributed by atoms with E-state index in [4.69, 9.17) is 0 Å². The second kappa shape index (κ2) is 7.28. The Hall–Kier alpha value is -1.32. The van der Waals surface area contributed by atoms with E-state index < -0.39 is 5.97 Å². The molecule has 4 heterocycles. The summed E-state index contributed by atoms with van der Waals surface area (Å²) in [6.07, 6.45) is 4.34. The molecule has 0 aliphatic carbocycles. The molecule has 3 aliphatic heterocycles. The predicted molar refractivity (Wildman–Crippen MR) is 94.8 cm³/mol. The van der Waals surface area contributed by atoms with Crippen LogP contribution in [0.2, 0.25) is 0 Å². The maximum atomic E-state index is 11.4. The van der Waals surface area contributed by atoms with E-state index in [2.05, 4.69) is 15.3 Å². The van der Waals surface area contributed by atoms with Gasteiger partial charge in [-0.2, -0.15) is 5.10 Å². The van der Waals surface area contributed by atoms with Crippen molar-refractivity contribution in [3.8, 4) is 0 Å². The van der Waals surface area contributed by atoms with Gasteiger partial charge in [0.2, 0.25) is 0 Å². The number of carboxylic acid groups (broad SMARTS) is 1. The number of benzene rings is 1. The van der Waals surface area contributed by atoms with Crippen LogP contribution < -0.4 is 5.32 Å². The van der Waals surface area contributed by atoms with Gasteiger partial charge in [0.15, 0.2) is 0 Å². The van der Waals surface area contributed by atoms with Crippen molar-refractivity contribution in [1.82, 2.24) is 20.0 Å². The molecule has 24 heavy (non-hydrogen) atoms. The van der Waals surface area contributed by atoms with Crippen molar-refractivity contribution in [2.24, 2.45) is 5.92 Å². The summed E-state index contributed by atoms with van der Waals surface area (Å²) in [6, 6.07) is 5.89. The van der Waals surface area contributed by atoms with Crippen LogP contribution in [0.3, 0.4) is 0 Å². The molecule has 3 saturated heterocycles. The number of fused-ring (bicyclic) bond motifs is 4. The quantitative estimate of drug-likeness (QED) is 0.796. The number of aromatic nitrogens is 2. The standard InChI is InChI=1S/C17H22N4O2.Li.H/c22-17(23)14-3-1-2-13-10-19-21(16(13)14)9-6-18-15-11-20-7-4-12(15)5-8-20;;/h1-3,10,12,15,18H,4-9,11H2,(H,22,23);;. The number of carbonyl (C=O) groups is 1. The van der Waals surface area contributed by atoms with E-state index in [9.17, 15) is 9.90 Å². The van der Waals surface area contributed by atoms with E-state index in [0.717, 1.165) is 29.9 Å². The van der Waals surface area contributed by atoms with Crippen LogP contribution >= 0.6 is 0 Å². The molecule has 3 aliphatic rings. The van der Waals surface area contributed by atoms with Crippen LogP contribution in [-0.2, 0) is 6.54 Å². The van der Waals surface area contributed by atoms with Crippen LogP contribution in [-0.4, -0.2) is 76.8 Å². The predicted octanol–water partition coefficient (Wildman–Crippen LogP) is 0.770.